The Labute approximate surface area is 167 Å². The monoisotopic (exact) mass is 398 g/mol. The van der Waals surface area contributed by atoms with Crippen LogP contribution >= 0.6 is 11.3 Å². The zero-order chi connectivity index (χ0) is 20.4. The average Bonchev–Trinajstić information content (AvgIpc) is 3.21. The fourth-order valence-electron chi connectivity index (χ4n) is 2.99. The van der Waals surface area contributed by atoms with Crippen LogP contribution in [0.25, 0.3) is 10.2 Å². The summed E-state index contributed by atoms with van der Waals surface area (Å²) in [6.07, 6.45) is 5.54. The molecule has 28 heavy (non-hydrogen) atoms. The fraction of sp³-hybridized carbons (Fsp3) is 0.350. The second-order valence-electron chi connectivity index (χ2n) is 6.48. The maximum absolute atomic E-state index is 12.7. The van der Waals surface area contributed by atoms with Crippen LogP contribution in [0.1, 0.15) is 36.1 Å². The first-order valence-corrected chi connectivity index (χ1v) is 9.55. The van der Waals surface area contributed by atoms with E-state index in [0.29, 0.717) is 22.0 Å². The molecule has 0 aliphatic rings. The topological polar surface area (TPSA) is 70.6 Å². The normalized spacial score (nSPS) is 11.8. The van der Waals surface area contributed by atoms with E-state index in [0.717, 1.165) is 15.9 Å². The number of rotatable bonds is 5. The van der Waals surface area contributed by atoms with Gasteiger partial charge in [0.05, 0.1) is 31.0 Å². The molecule has 8 heteroatoms. The van der Waals surface area contributed by atoms with Crippen LogP contribution < -0.4 is 14.3 Å². The first kappa shape index (κ1) is 19.7. The number of benzene rings is 1. The van der Waals surface area contributed by atoms with Crippen molar-refractivity contribution in [3.8, 4) is 23.8 Å². The lowest BCUT2D eigenvalue weighted by Gasteiger charge is -2.08. The number of hydrogen-bond donors (Lipinski definition) is 0. The van der Waals surface area contributed by atoms with Crippen LogP contribution in [0.2, 0.25) is 0 Å². The van der Waals surface area contributed by atoms with Crippen LogP contribution in [0.15, 0.2) is 23.2 Å². The number of methoxy groups -OCH3 is 2. The first-order valence-electron chi connectivity index (χ1n) is 8.73. The summed E-state index contributed by atoms with van der Waals surface area (Å²) in [7, 11) is 3.15. The quantitative estimate of drug-likeness (QED) is 0.619. The lowest BCUT2D eigenvalue weighted by atomic mass is 10.3. The number of aryl methyl sites for hydroxylation is 1. The molecule has 146 valence electrons. The van der Waals surface area contributed by atoms with Gasteiger partial charge in [-0.25, -0.2) is 0 Å². The van der Waals surface area contributed by atoms with E-state index in [-0.39, 0.29) is 12.6 Å². The number of carbonyl (C=O) groups is 1. The summed E-state index contributed by atoms with van der Waals surface area (Å²) >= 11 is 1.36. The second-order valence-corrected chi connectivity index (χ2v) is 7.49. The molecule has 3 aromatic rings. The summed E-state index contributed by atoms with van der Waals surface area (Å²) in [6, 6.07) is 5.60. The molecule has 0 saturated carbocycles. The molecule has 0 aliphatic carbocycles. The van der Waals surface area contributed by atoms with Crippen molar-refractivity contribution in [3.63, 3.8) is 0 Å². The number of nitrogens with zero attached hydrogens (tertiary/aromatic N) is 4. The highest BCUT2D eigenvalue weighted by molar-refractivity contribution is 7.16. The van der Waals surface area contributed by atoms with Crippen molar-refractivity contribution >= 4 is 27.5 Å². The SMILES string of the molecule is C#CCn1c(=NC(=O)c2cc(C)n(C(C)C)n2)sc2cc(OC)c(OC)cc21. The highest BCUT2D eigenvalue weighted by atomic mass is 32.1. The van der Waals surface area contributed by atoms with Gasteiger partial charge in [-0.05, 0) is 26.8 Å². The number of carbonyl (C=O) groups excluding carboxylic acids is 1. The average molecular weight is 398 g/mol. The Bertz CT molecular complexity index is 1140. The molecule has 0 radical (unpaired) electrons. The smallest absolute Gasteiger partial charge is 0.300 e. The predicted octanol–water partition coefficient (Wildman–Crippen LogP) is 3.18. The lowest BCUT2D eigenvalue weighted by Crippen LogP contribution is -2.17. The van der Waals surface area contributed by atoms with Crippen LogP contribution in [-0.2, 0) is 6.54 Å². The number of aromatic nitrogens is 3. The van der Waals surface area contributed by atoms with Crippen molar-refractivity contribution < 1.29 is 14.3 Å². The van der Waals surface area contributed by atoms with E-state index in [1.165, 1.54) is 11.3 Å². The molecule has 0 atom stereocenters. The van der Waals surface area contributed by atoms with Crippen molar-refractivity contribution in [1.82, 2.24) is 14.3 Å². The second kappa shape index (κ2) is 7.90. The maximum Gasteiger partial charge on any atom is 0.300 e. The van der Waals surface area contributed by atoms with E-state index in [9.17, 15) is 4.79 Å². The minimum atomic E-state index is -0.404. The molecule has 1 aromatic carbocycles. The molecule has 0 spiro atoms. The van der Waals surface area contributed by atoms with E-state index in [4.69, 9.17) is 15.9 Å². The number of hydrogen-bond acceptors (Lipinski definition) is 5. The van der Waals surface area contributed by atoms with Gasteiger partial charge in [0.2, 0.25) is 0 Å². The molecule has 1 amide bonds. The van der Waals surface area contributed by atoms with Gasteiger partial charge in [-0.15, -0.1) is 6.42 Å². The van der Waals surface area contributed by atoms with E-state index in [1.54, 1.807) is 25.0 Å². The third-order valence-corrected chi connectivity index (χ3v) is 5.31. The minimum absolute atomic E-state index is 0.164. The van der Waals surface area contributed by atoms with Gasteiger partial charge in [0.25, 0.3) is 5.91 Å². The predicted molar refractivity (Wildman–Crippen MR) is 109 cm³/mol. The van der Waals surface area contributed by atoms with Gasteiger partial charge < -0.3 is 14.0 Å². The highest BCUT2D eigenvalue weighted by Crippen LogP contribution is 2.33. The lowest BCUT2D eigenvalue weighted by molar-refractivity contribution is 0.0992. The maximum atomic E-state index is 12.7. The van der Waals surface area contributed by atoms with Crippen molar-refractivity contribution in [2.75, 3.05) is 14.2 Å². The molecule has 2 aromatic heterocycles. The molecule has 2 heterocycles. The van der Waals surface area contributed by atoms with Gasteiger partial charge >= 0.3 is 0 Å². The summed E-state index contributed by atoms with van der Waals surface area (Å²) in [5.74, 6) is 3.40. The zero-order valence-corrected chi connectivity index (χ0v) is 17.3. The van der Waals surface area contributed by atoms with E-state index >= 15 is 0 Å². The van der Waals surface area contributed by atoms with Crippen LogP contribution in [0.5, 0.6) is 11.5 Å². The summed E-state index contributed by atoms with van der Waals surface area (Å²) in [5, 5.41) is 4.38. The Hall–Kier alpha value is -3.05. The van der Waals surface area contributed by atoms with Gasteiger partial charge in [-0.2, -0.15) is 10.1 Å². The number of thiazole rings is 1. The summed E-state index contributed by atoms with van der Waals surface area (Å²) < 4.78 is 15.3. The minimum Gasteiger partial charge on any atom is -0.493 e. The third-order valence-electron chi connectivity index (χ3n) is 4.27. The van der Waals surface area contributed by atoms with Gasteiger partial charge in [-0.3, -0.25) is 9.48 Å². The third kappa shape index (κ3) is 3.53. The molecular formula is C20H22N4O3S. The van der Waals surface area contributed by atoms with Crippen LogP contribution in [-0.4, -0.2) is 34.5 Å². The number of fused-ring (bicyclic) bond motifs is 1. The van der Waals surface area contributed by atoms with Crippen molar-refractivity contribution in [1.29, 1.82) is 0 Å². The highest BCUT2D eigenvalue weighted by Gasteiger charge is 2.16. The molecule has 0 bridgehead atoms. The first-order chi connectivity index (χ1) is 13.4. The molecule has 0 saturated heterocycles. The molecule has 3 rings (SSSR count). The molecular weight excluding hydrogens is 376 g/mol. The fourth-order valence-corrected chi connectivity index (χ4v) is 4.02. The van der Waals surface area contributed by atoms with E-state index in [2.05, 4.69) is 16.0 Å². The summed E-state index contributed by atoms with van der Waals surface area (Å²) in [6.45, 7) is 6.22. The molecule has 7 nitrogen and oxygen atoms in total. The van der Waals surface area contributed by atoms with Gasteiger partial charge in [0, 0.05) is 23.9 Å². The van der Waals surface area contributed by atoms with Crippen molar-refractivity contribution in [2.24, 2.45) is 4.99 Å². The van der Waals surface area contributed by atoms with Crippen molar-refractivity contribution in [2.45, 2.75) is 33.4 Å². The number of terminal acetylenes is 1. The van der Waals surface area contributed by atoms with E-state index in [1.807, 2.05) is 37.5 Å². The van der Waals surface area contributed by atoms with E-state index < -0.39 is 5.91 Å². The van der Waals surface area contributed by atoms with Crippen LogP contribution in [0, 0.1) is 19.3 Å². The summed E-state index contributed by atoms with van der Waals surface area (Å²) in [5.41, 5.74) is 2.05. The van der Waals surface area contributed by atoms with Crippen LogP contribution in [0.4, 0.5) is 0 Å². The molecule has 0 unspecified atom stereocenters. The zero-order valence-electron chi connectivity index (χ0n) is 16.5. The van der Waals surface area contributed by atoms with Crippen molar-refractivity contribution in [3.05, 3.63) is 34.4 Å². The Morgan fingerprint density at radius 1 is 1.29 bits per heavy atom. The standard InChI is InChI=1S/C20H22N4O3S/c1-7-8-23-15-10-16(26-5)17(27-6)11-18(15)28-20(23)21-19(25)14-9-13(4)24(22-14)12(2)3/h1,9-12H,8H2,2-6H3. The largest absolute Gasteiger partial charge is 0.493 e. The summed E-state index contributed by atoms with van der Waals surface area (Å²) in [4.78, 5) is 17.5. The number of ether oxygens (including phenoxy) is 2. The van der Waals surface area contributed by atoms with Gasteiger partial charge in [-0.1, -0.05) is 17.3 Å². The van der Waals surface area contributed by atoms with Gasteiger partial charge in [0.1, 0.15) is 0 Å². The molecule has 0 aliphatic heterocycles. The molecule has 0 N–H and O–H groups in total. The van der Waals surface area contributed by atoms with Gasteiger partial charge in [0.15, 0.2) is 22.0 Å². The van der Waals surface area contributed by atoms with Crippen LogP contribution in [0.3, 0.4) is 0 Å². The Kier molecular flexibility index (Phi) is 5.56. The Morgan fingerprint density at radius 3 is 2.54 bits per heavy atom. The Morgan fingerprint density at radius 2 is 1.96 bits per heavy atom. The Balaban J connectivity index is 2.16. The molecule has 0 fully saturated rings. The number of amides is 1.